The smallest absolute Gasteiger partial charge is 0.242 e. The average molecular weight is 359 g/mol. The number of morpholine rings is 1. The van der Waals surface area contributed by atoms with Gasteiger partial charge >= 0.3 is 0 Å². The van der Waals surface area contributed by atoms with Gasteiger partial charge in [0.15, 0.2) is 0 Å². The normalized spacial score (nSPS) is 22.1. The Balaban J connectivity index is 1.57. The predicted molar refractivity (Wildman–Crippen MR) is 99.5 cm³/mol. The largest absolute Gasteiger partial charge is 0.379 e. The molecule has 1 N–H and O–H groups in total. The molecule has 2 amide bonds. The first kappa shape index (κ1) is 18.9. The van der Waals surface area contributed by atoms with Crippen molar-refractivity contribution in [1.29, 1.82) is 0 Å². The van der Waals surface area contributed by atoms with E-state index in [1.165, 1.54) is 0 Å². The quantitative estimate of drug-likeness (QED) is 0.834. The van der Waals surface area contributed by atoms with Crippen molar-refractivity contribution in [3.63, 3.8) is 0 Å². The highest BCUT2D eigenvalue weighted by molar-refractivity contribution is 5.88. The number of benzene rings is 1. The molecule has 1 aromatic rings. The van der Waals surface area contributed by atoms with E-state index < -0.39 is 0 Å². The van der Waals surface area contributed by atoms with Gasteiger partial charge < -0.3 is 15.0 Å². The summed E-state index contributed by atoms with van der Waals surface area (Å²) in [4.78, 5) is 29.4. The number of carbonyl (C=O) groups excluding carboxylic acids is 2. The van der Waals surface area contributed by atoms with Gasteiger partial charge in [0.1, 0.15) is 6.04 Å². The van der Waals surface area contributed by atoms with E-state index in [0.717, 1.165) is 57.7 Å². The molecule has 2 fully saturated rings. The van der Waals surface area contributed by atoms with Gasteiger partial charge in [-0.3, -0.25) is 14.5 Å². The van der Waals surface area contributed by atoms with Gasteiger partial charge in [-0.1, -0.05) is 36.8 Å². The SMILES string of the molecule is O=C(NCCN1CCOCC1)C1CCCCC(=O)N1Cc1ccccc1. The summed E-state index contributed by atoms with van der Waals surface area (Å²) in [6, 6.07) is 9.54. The number of nitrogens with one attached hydrogen (secondary N) is 1. The number of carbonyl (C=O) groups is 2. The molecular weight excluding hydrogens is 330 g/mol. The van der Waals surface area contributed by atoms with Crippen molar-refractivity contribution in [3.8, 4) is 0 Å². The van der Waals surface area contributed by atoms with E-state index in [2.05, 4.69) is 10.2 Å². The first-order valence-electron chi connectivity index (χ1n) is 9.65. The molecule has 0 radical (unpaired) electrons. The van der Waals surface area contributed by atoms with Crippen molar-refractivity contribution >= 4 is 11.8 Å². The van der Waals surface area contributed by atoms with Gasteiger partial charge in [0.25, 0.3) is 0 Å². The Bertz CT molecular complexity index is 587. The van der Waals surface area contributed by atoms with Crippen molar-refractivity contribution < 1.29 is 14.3 Å². The van der Waals surface area contributed by atoms with Gasteiger partial charge in [0.05, 0.1) is 13.2 Å². The minimum absolute atomic E-state index is 0.0237. The Morgan fingerprint density at radius 1 is 1.15 bits per heavy atom. The van der Waals surface area contributed by atoms with Gasteiger partial charge in [-0.25, -0.2) is 0 Å². The van der Waals surface area contributed by atoms with Gasteiger partial charge in [0, 0.05) is 39.1 Å². The number of rotatable bonds is 6. The molecular formula is C20H29N3O3. The number of hydrogen-bond acceptors (Lipinski definition) is 4. The maximum atomic E-state index is 12.8. The lowest BCUT2D eigenvalue weighted by Gasteiger charge is -2.30. The molecule has 6 nitrogen and oxygen atoms in total. The van der Waals surface area contributed by atoms with Crippen LogP contribution in [-0.4, -0.2) is 67.0 Å². The van der Waals surface area contributed by atoms with Crippen molar-refractivity contribution in [3.05, 3.63) is 35.9 Å². The molecule has 2 heterocycles. The second-order valence-electron chi connectivity index (χ2n) is 7.01. The summed E-state index contributed by atoms with van der Waals surface area (Å²) in [7, 11) is 0. The zero-order valence-corrected chi connectivity index (χ0v) is 15.4. The number of hydrogen-bond donors (Lipinski definition) is 1. The fraction of sp³-hybridized carbons (Fsp3) is 0.600. The number of ether oxygens (including phenoxy) is 1. The highest BCUT2D eigenvalue weighted by atomic mass is 16.5. The highest BCUT2D eigenvalue weighted by Crippen LogP contribution is 2.20. The molecule has 2 aliphatic rings. The van der Waals surface area contributed by atoms with Gasteiger partial charge in [-0.05, 0) is 18.4 Å². The molecule has 1 aromatic carbocycles. The van der Waals surface area contributed by atoms with Crippen LogP contribution in [0.1, 0.15) is 31.2 Å². The second kappa shape index (κ2) is 9.69. The third-order valence-corrected chi connectivity index (χ3v) is 5.14. The predicted octanol–water partition coefficient (Wildman–Crippen LogP) is 1.41. The van der Waals surface area contributed by atoms with Gasteiger partial charge in [-0.15, -0.1) is 0 Å². The Labute approximate surface area is 155 Å². The van der Waals surface area contributed by atoms with E-state index in [4.69, 9.17) is 4.74 Å². The standard InChI is InChI=1S/C20H29N3O3/c24-19-9-5-4-8-18(23(19)16-17-6-2-1-3-7-17)20(25)21-10-11-22-12-14-26-15-13-22/h1-3,6-7,18H,4-5,8-16H2,(H,21,25). The van der Waals surface area contributed by atoms with Crippen LogP contribution in [0.4, 0.5) is 0 Å². The summed E-state index contributed by atoms with van der Waals surface area (Å²) < 4.78 is 5.35. The van der Waals surface area contributed by atoms with Crippen LogP contribution in [0, 0.1) is 0 Å². The zero-order chi connectivity index (χ0) is 18.2. The molecule has 0 bridgehead atoms. The van der Waals surface area contributed by atoms with Crippen LogP contribution < -0.4 is 5.32 Å². The Kier molecular flexibility index (Phi) is 7.03. The average Bonchev–Trinajstić information content (AvgIpc) is 2.85. The van der Waals surface area contributed by atoms with E-state index in [-0.39, 0.29) is 17.9 Å². The summed E-state index contributed by atoms with van der Waals surface area (Å²) in [5, 5.41) is 3.05. The molecule has 0 aliphatic carbocycles. The van der Waals surface area contributed by atoms with Crippen molar-refractivity contribution in [1.82, 2.24) is 15.1 Å². The number of likely N-dealkylation sites (tertiary alicyclic amines) is 1. The molecule has 0 spiro atoms. The lowest BCUT2D eigenvalue weighted by Crippen LogP contribution is -2.50. The maximum Gasteiger partial charge on any atom is 0.242 e. The van der Waals surface area contributed by atoms with Gasteiger partial charge in [0.2, 0.25) is 11.8 Å². The fourth-order valence-corrected chi connectivity index (χ4v) is 3.62. The Morgan fingerprint density at radius 3 is 2.69 bits per heavy atom. The summed E-state index contributed by atoms with van der Waals surface area (Å²) in [6.07, 6.45) is 3.05. The summed E-state index contributed by atoms with van der Waals surface area (Å²) in [5.41, 5.74) is 1.06. The molecule has 1 unspecified atom stereocenters. The van der Waals surface area contributed by atoms with Crippen LogP contribution in [0.5, 0.6) is 0 Å². The van der Waals surface area contributed by atoms with E-state index in [1.54, 1.807) is 4.90 Å². The van der Waals surface area contributed by atoms with Crippen LogP contribution in [0.25, 0.3) is 0 Å². The first-order valence-corrected chi connectivity index (χ1v) is 9.65. The third kappa shape index (κ3) is 5.29. The molecule has 26 heavy (non-hydrogen) atoms. The van der Waals surface area contributed by atoms with E-state index in [9.17, 15) is 9.59 Å². The molecule has 0 saturated carbocycles. The molecule has 1 atom stereocenters. The molecule has 142 valence electrons. The number of nitrogens with zero attached hydrogens (tertiary/aromatic N) is 2. The molecule has 6 heteroatoms. The van der Waals surface area contributed by atoms with Crippen LogP contribution in [0.3, 0.4) is 0 Å². The van der Waals surface area contributed by atoms with Crippen LogP contribution in [0.2, 0.25) is 0 Å². The van der Waals surface area contributed by atoms with Crippen LogP contribution in [0.15, 0.2) is 30.3 Å². The zero-order valence-electron chi connectivity index (χ0n) is 15.4. The maximum absolute atomic E-state index is 12.8. The Hall–Kier alpha value is -1.92. The first-order chi connectivity index (χ1) is 12.7. The fourth-order valence-electron chi connectivity index (χ4n) is 3.62. The van der Waals surface area contributed by atoms with Crippen molar-refractivity contribution in [2.45, 2.75) is 38.3 Å². The van der Waals surface area contributed by atoms with E-state index in [1.807, 2.05) is 30.3 Å². The third-order valence-electron chi connectivity index (χ3n) is 5.14. The molecule has 2 saturated heterocycles. The lowest BCUT2D eigenvalue weighted by molar-refractivity contribution is -0.140. The summed E-state index contributed by atoms with van der Waals surface area (Å²) in [5.74, 6) is 0.0594. The van der Waals surface area contributed by atoms with Crippen LogP contribution in [-0.2, 0) is 20.9 Å². The van der Waals surface area contributed by atoms with Crippen LogP contribution >= 0.6 is 0 Å². The Morgan fingerprint density at radius 2 is 1.92 bits per heavy atom. The van der Waals surface area contributed by atoms with Gasteiger partial charge in [-0.2, -0.15) is 0 Å². The topological polar surface area (TPSA) is 61.9 Å². The molecule has 2 aliphatic heterocycles. The second-order valence-corrected chi connectivity index (χ2v) is 7.01. The van der Waals surface area contributed by atoms with E-state index >= 15 is 0 Å². The molecule has 3 rings (SSSR count). The summed E-state index contributed by atoms with van der Waals surface area (Å²) in [6.45, 7) is 5.29. The van der Waals surface area contributed by atoms with Crippen molar-refractivity contribution in [2.75, 3.05) is 39.4 Å². The number of amides is 2. The van der Waals surface area contributed by atoms with E-state index in [0.29, 0.717) is 19.5 Å². The summed E-state index contributed by atoms with van der Waals surface area (Å²) >= 11 is 0. The van der Waals surface area contributed by atoms with Crippen molar-refractivity contribution in [2.24, 2.45) is 0 Å². The highest BCUT2D eigenvalue weighted by Gasteiger charge is 2.31. The molecule has 0 aromatic heterocycles. The monoisotopic (exact) mass is 359 g/mol. The minimum Gasteiger partial charge on any atom is -0.379 e. The lowest BCUT2D eigenvalue weighted by atomic mass is 10.1. The minimum atomic E-state index is -0.366.